The maximum atomic E-state index is 11.9. The van der Waals surface area contributed by atoms with Crippen molar-refractivity contribution in [3.8, 4) is 0 Å². The van der Waals surface area contributed by atoms with Crippen molar-refractivity contribution in [2.45, 2.75) is 11.8 Å². The number of rotatable bonds is 5. The van der Waals surface area contributed by atoms with Gasteiger partial charge < -0.3 is 10.0 Å². The molecule has 1 aromatic rings. The molecule has 0 atom stereocenters. The lowest BCUT2D eigenvalue weighted by molar-refractivity contribution is -0.137. The Kier molecular flexibility index (Phi) is 4.66. The van der Waals surface area contributed by atoms with Gasteiger partial charge in [0.05, 0.1) is 10.6 Å². The summed E-state index contributed by atoms with van der Waals surface area (Å²) in [6.07, 6.45) is 0. The second-order valence-corrected chi connectivity index (χ2v) is 6.26. The monoisotopic (exact) mass is 285 g/mol. The number of amides is 1. The Bertz CT molecular complexity index is 594. The van der Waals surface area contributed by atoms with Crippen molar-refractivity contribution >= 4 is 21.7 Å². The summed E-state index contributed by atoms with van der Waals surface area (Å²) in [4.78, 5) is 23.5. The van der Waals surface area contributed by atoms with Gasteiger partial charge in [-0.25, -0.2) is 8.42 Å². The maximum absolute atomic E-state index is 11.9. The summed E-state index contributed by atoms with van der Waals surface area (Å²) in [6.45, 7) is 1.07. The minimum absolute atomic E-state index is 0.0598. The van der Waals surface area contributed by atoms with Gasteiger partial charge in [0, 0.05) is 12.6 Å². The summed E-state index contributed by atoms with van der Waals surface area (Å²) in [7, 11) is -2.05. The Labute approximate surface area is 111 Å². The first kappa shape index (κ1) is 15.2. The van der Waals surface area contributed by atoms with Crippen LogP contribution in [0.4, 0.5) is 0 Å². The molecule has 7 heteroatoms. The van der Waals surface area contributed by atoms with Gasteiger partial charge in [0.2, 0.25) is 0 Å². The average molecular weight is 285 g/mol. The summed E-state index contributed by atoms with van der Waals surface area (Å²) >= 11 is 0. The summed E-state index contributed by atoms with van der Waals surface area (Å²) in [5, 5.41) is 8.61. The zero-order chi connectivity index (χ0) is 14.6. The first-order valence-electron chi connectivity index (χ1n) is 5.58. The van der Waals surface area contributed by atoms with E-state index in [1.807, 2.05) is 0 Å². The Morgan fingerprint density at radius 1 is 1.32 bits per heavy atom. The van der Waals surface area contributed by atoms with E-state index < -0.39 is 28.3 Å². The molecule has 0 aliphatic rings. The molecule has 1 amide bonds. The highest BCUT2D eigenvalue weighted by Gasteiger charge is 2.17. The maximum Gasteiger partial charge on any atom is 0.323 e. The van der Waals surface area contributed by atoms with Gasteiger partial charge in [-0.2, -0.15) is 0 Å². The first-order valence-corrected chi connectivity index (χ1v) is 7.23. The third-order valence-corrected chi connectivity index (χ3v) is 4.27. The third kappa shape index (κ3) is 3.78. The van der Waals surface area contributed by atoms with Crippen molar-refractivity contribution in [1.82, 2.24) is 4.90 Å². The topological polar surface area (TPSA) is 91.8 Å². The van der Waals surface area contributed by atoms with Crippen molar-refractivity contribution in [2.75, 3.05) is 19.3 Å². The van der Waals surface area contributed by atoms with Crippen molar-refractivity contribution in [1.29, 1.82) is 0 Å². The van der Waals surface area contributed by atoms with Crippen LogP contribution in [0.5, 0.6) is 0 Å². The number of aliphatic carboxylic acids is 1. The number of carbonyl (C=O) groups excluding carboxylic acids is 1. The lowest BCUT2D eigenvalue weighted by atomic mass is 10.2. The molecule has 0 heterocycles. The number of hydrogen-bond donors (Lipinski definition) is 1. The molecule has 0 bridgehead atoms. The van der Waals surface area contributed by atoms with Crippen LogP contribution in [-0.4, -0.2) is 49.6 Å². The van der Waals surface area contributed by atoms with Crippen LogP contribution in [0, 0.1) is 0 Å². The zero-order valence-electron chi connectivity index (χ0n) is 10.7. The van der Waals surface area contributed by atoms with Gasteiger partial charge in [0.1, 0.15) is 6.54 Å². The minimum atomic E-state index is -3.39. The fourth-order valence-corrected chi connectivity index (χ4v) is 2.41. The van der Waals surface area contributed by atoms with Gasteiger partial charge in [-0.1, -0.05) is 13.0 Å². The molecule has 1 N–H and O–H groups in total. The Morgan fingerprint density at radius 2 is 1.95 bits per heavy atom. The quantitative estimate of drug-likeness (QED) is 0.857. The summed E-state index contributed by atoms with van der Waals surface area (Å²) in [6, 6.07) is 5.59. The number of carboxylic acids is 1. The number of carbonyl (C=O) groups is 2. The van der Waals surface area contributed by atoms with Crippen LogP contribution in [0.25, 0.3) is 0 Å². The van der Waals surface area contributed by atoms with Gasteiger partial charge in [-0.05, 0) is 18.2 Å². The third-order valence-electron chi connectivity index (χ3n) is 2.54. The zero-order valence-corrected chi connectivity index (χ0v) is 11.5. The molecule has 104 valence electrons. The number of nitrogens with zero attached hydrogens (tertiary/aromatic N) is 1. The van der Waals surface area contributed by atoms with Crippen LogP contribution in [0.3, 0.4) is 0 Å². The molecular weight excluding hydrogens is 270 g/mol. The van der Waals surface area contributed by atoms with E-state index in [-0.39, 0.29) is 16.2 Å². The molecule has 6 nitrogen and oxygen atoms in total. The van der Waals surface area contributed by atoms with Gasteiger partial charge in [-0.15, -0.1) is 0 Å². The fraction of sp³-hybridized carbons (Fsp3) is 0.333. The molecule has 0 saturated carbocycles. The molecular formula is C12H15NO5S. The van der Waals surface area contributed by atoms with Gasteiger partial charge >= 0.3 is 5.97 Å². The molecule has 19 heavy (non-hydrogen) atoms. The Morgan fingerprint density at radius 3 is 2.47 bits per heavy atom. The van der Waals surface area contributed by atoms with E-state index in [4.69, 9.17) is 5.11 Å². The van der Waals surface area contributed by atoms with Crippen LogP contribution in [-0.2, 0) is 14.6 Å². The molecule has 0 spiro atoms. The standard InChI is InChI=1S/C12H15NO5S/c1-3-19(17,18)10-6-4-5-9(7-10)12(16)13(2)8-11(14)15/h4-7H,3,8H2,1-2H3,(H,14,15). The first-order chi connectivity index (χ1) is 8.77. The average Bonchev–Trinajstić information content (AvgIpc) is 2.37. The van der Waals surface area contributed by atoms with Crippen LogP contribution in [0.2, 0.25) is 0 Å². The number of hydrogen-bond acceptors (Lipinski definition) is 4. The normalized spacial score (nSPS) is 11.1. The SMILES string of the molecule is CCS(=O)(=O)c1cccc(C(=O)N(C)CC(=O)O)c1. The van der Waals surface area contributed by atoms with E-state index in [9.17, 15) is 18.0 Å². The second kappa shape index (κ2) is 5.83. The van der Waals surface area contributed by atoms with Gasteiger partial charge in [-0.3, -0.25) is 9.59 Å². The molecule has 0 aliphatic heterocycles. The molecule has 0 aliphatic carbocycles. The van der Waals surface area contributed by atoms with E-state index in [2.05, 4.69) is 0 Å². The second-order valence-electron chi connectivity index (χ2n) is 3.99. The van der Waals surface area contributed by atoms with E-state index in [0.29, 0.717) is 0 Å². The Hall–Kier alpha value is -1.89. The van der Waals surface area contributed by atoms with Crippen LogP contribution in [0.1, 0.15) is 17.3 Å². The van der Waals surface area contributed by atoms with Crippen molar-refractivity contribution in [2.24, 2.45) is 0 Å². The van der Waals surface area contributed by atoms with Gasteiger partial charge in [0.25, 0.3) is 5.91 Å². The van der Waals surface area contributed by atoms with Crippen molar-refractivity contribution < 1.29 is 23.1 Å². The number of carboxylic acid groups (broad SMARTS) is 1. The van der Waals surface area contributed by atoms with Gasteiger partial charge in [0.15, 0.2) is 9.84 Å². The predicted octanol–water partition coefficient (Wildman–Crippen LogP) is 0.637. The largest absolute Gasteiger partial charge is 0.480 e. The number of benzene rings is 1. The molecule has 0 fully saturated rings. The molecule has 0 aromatic heterocycles. The summed E-state index contributed by atoms with van der Waals surface area (Å²) in [5.41, 5.74) is 0.151. The minimum Gasteiger partial charge on any atom is -0.480 e. The summed E-state index contributed by atoms with van der Waals surface area (Å²) < 4.78 is 23.4. The molecule has 0 saturated heterocycles. The highest BCUT2D eigenvalue weighted by atomic mass is 32.2. The van der Waals surface area contributed by atoms with Crippen molar-refractivity contribution in [3.63, 3.8) is 0 Å². The highest BCUT2D eigenvalue weighted by Crippen LogP contribution is 2.14. The van der Waals surface area contributed by atoms with E-state index in [1.165, 1.54) is 38.2 Å². The smallest absolute Gasteiger partial charge is 0.323 e. The van der Waals surface area contributed by atoms with E-state index in [0.717, 1.165) is 4.90 Å². The van der Waals surface area contributed by atoms with Crippen molar-refractivity contribution in [3.05, 3.63) is 29.8 Å². The van der Waals surface area contributed by atoms with E-state index in [1.54, 1.807) is 0 Å². The van der Waals surface area contributed by atoms with E-state index >= 15 is 0 Å². The molecule has 1 rings (SSSR count). The van der Waals surface area contributed by atoms with Crippen LogP contribution in [0.15, 0.2) is 29.2 Å². The lowest BCUT2D eigenvalue weighted by Crippen LogP contribution is -2.32. The predicted molar refractivity (Wildman–Crippen MR) is 68.8 cm³/mol. The summed E-state index contributed by atoms with van der Waals surface area (Å²) in [5.74, 6) is -1.72. The fourth-order valence-electron chi connectivity index (χ4n) is 1.48. The molecule has 0 unspecified atom stereocenters. The highest BCUT2D eigenvalue weighted by molar-refractivity contribution is 7.91. The molecule has 0 radical (unpaired) electrons. The van der Waals surface area contributed by atoms with Crippen LogP contribution < -0.4 is 0 Å². The molecule has 1 aromatic carbocycles. The Balaban J connectivity index is 3.06. The number of sulfone groups is 1. The lowest BCUT2D eigenvalue weighted by Gasteiger charge is -2.14. The number of likely N-dealkylation sites (N-methyl/N-ethyl adjacent to an activating group) is 1. The van der Waals surface area contributed by atoms with Crippen LogP contribution >= 0.6 is 0 Å².